The number of aromatic nitrogens is 1. The molecule has 0 aromatic carbocycles. The van der Waals surface area contributed by atoms with Crippen molar-refractivity contribution >= 4 is 39.4 Å². The summed E-state index contributed by atoms with van der Waals surface area (Å²) in [5.74, 6) is 1.41. The van der Waals surface area contributed by atoms with Gasteiger partial charge in [0, 0.05) is 18.4 Å². The molecule has 5 heteroatoms. The van der Waals surface area contributed by atoms with E-state index in [1.807, 2.05) is 18.4 Å². The summed E-state index contributed by atoms with van der Waals surface area (Å²) in [6.45, 7) is 0. The second-order valence-electron chi connectivity index (χ2n) is 2.62. The fourth-order valence-electron chi connectivity index (χ4n) is 0.867. The van der Waals surface area contributed by atoms with Crippen LogP contribution in [0.15, 0.2) is 22.8 Å². The first-order chi connectivity index (χ1) is 6.74. The van der Waals surface area contributed by atoms with Crippen LogP contribution in [0.2, 0.25) is 0 Å². The molecular formula is C9H11BrN2OS. The molecule has 0 aliphatic heterocycles. The molecule has 0 bridgehead atoms. The molecule has 0 aliphatic rings. The van der Waals surface area contributed by atoms with Crippen LogP contribution < -0.4 is 5.32 Å². The molecule has 0 atom stereocenters. The number of amides is 1. The summed E-state index contributed by atoms with van der Waals surface area (Å²) in [4.78, 5) is 15.4. The Labute approximate surface area is 95.8 Å². The number of rotatable bonds is 4. The number of halogens is 1. The van der Waals surface area contributed by atoms with Crippen LogP contribution in [0.1, 0.15) is 6.42 Å². The van der Waals surface area contributed by atoms with Crippen molar-refractivity contribution < 1.29 is 4.79 Å². The molecule has 0 spiro atoms. The lowest BCUT2D eigenvalue weighted by molar-refractivity contribution is -0.115. The fraction of sp³-hybridized carbons (Fsp3) is 0.333. The van der Waals surface area contributed by atoms with Gasteiger partial charge in [-0.3, -0.25) is 4.79 Å². The van der Waals surface area contributed by atoms with Crippen molar-refractivity contribution in [2.24, 2.45) is 0 Å². The van der Waals surface area contributed by atoms with Gasteiger partial charge in [-0.05, 0) is 34.3 Å². The predicted octanol–water partition coefficient (Wildman–Crippen LogP) is 2.54. The molecule has 0 unspecified atom stereocenters. The third-order valence-electron chi connectivity index (χ3n) is 1.55. The number of thioether (sulfide) groups is 1. The van der Waals surface area contributed by atoms with E-state index in [1.165, 1.54) is 0 Å². The summed E-state index contributed by atoms with van der Waals surface area (Å²) >= 11 is 4.96. The van der Waals surface area contributed by atoms with E-state index in [2.05, 4.69) is 26.2 Å². The van der Waals surface area contributed by atoms with Gasteiger partial charge in [-0.2, -0.15) is 11.8 Å². The first kappa shape index (κ1) is 11.5. The summed E-state index contributed by atoms with van der Waals surface area (Å²) in [6, 6.07) is 3.65. The Bertz CT molecular complexity index is 319. The third kappa shape index (κ3) is 3.67. The van der Waals surface area contributed by atoms with Crippen molar-refractivity contribution in [1.29, 1.82) is 0 Å². The predicted molar refractivity (Wildman–Crippen MR) is 63.6 cm³/mol. The summed E-state index contributed by atoms with van der Waals surface area (Å²) in [5, 5.41) is 2.73. The lowest BCUT2D eigenvalue weighted by Gasteiger charge is -2.04. The molecule has 14 heavy (non-hydrogen) atoms. The SMILES string of the molecule is CSCCC(=O)Nc1ncccc1Br. The van der Waals surface area contributed by atoms with Crippen LogP contribution in [-0.4, -0.2) is 22.9 Å². The number of carbonyl (C=O) groups excluding carboxylic acids is 1. The van der Waals surface area contributed by atoms with Gasteiger partial charge < -0.3 is 5.32 Å². The van der Waals surface area contributed by atoms with Crippen LogP contribution in [0.3, 0.4) is 0 Å². The number of carbonyl (C=O) groups is 1. The Morgan fingerprint density at radius 1 is 1.71 bits per heavy atom. The van der Waals surface area contributed by atoms with Crippen LogP contribution in [0.25, 0.3) is 0 Å². The van der Waals surface area contributed by atoms with Crippen molar-refractivity contribution in [3.8, 4) is 0 Å². The number of hydrogen-bond donors (Lipinski definition) is 1. The highest BCUT2D eigenvalue weighted by Crippen LogP contribution is 2.18. The molecular weight excluding hydrogens is 264 g/mol. The monoisotopic (exact) mass is 274 g/mol. The lowest BCUT2D eigenvalue weighted by Crippen LogP contribution is -2.13. The molecule has 1 amide bonds. The normalized spacial score (nSPS) is 9.86. The fourth-order valence-corrected chi connectivity index (χ4v) is 1.61. The zero-order chi connectivity index (χ0) is 10.4. The smallest absolute Gasteiger partial charge is 0.226 e. The minimum atomic E-state index is -0.00116. The highest BCUT2D eigenvalue weighted by Gasteiger charge is 2.04. The second kappa shape index (κ2) is 6.03. The van der Waals surface area contributed by atoms with Crippen LogP contribution in [0, 0.1) is 0 Å². The van der Waals surface area contributed by atoms with Gasteiger partial charge in [0.25, 0.3) is 0 Å². The molecule has 1 aromatic rings. The molecule has 0 aliphatic carbocycles. The van der Waals surface area contributed by atoms with Crippen LogP contribution >= 0.6 is 27.7 Å². The van der Waals surface area contributed by atoms with E-state index < -0.39 is 0 Å². The van der Waals surface area contributed by atoms with Gasteiger partial charge in [0.2, 0.25) is 5.91 Å². The third-order valence-corrected chi connectivity index (χ3v) is 2.80. The Kier molecular flexibility index (Phi) is 4.97. The topological polar surface area (TPSA) is 42.0 Å². The van der Waals surface area contributed by atoms with E-state index in [0.29, 0.717) is 12.2 Å². The summed E-state index contributed by atoms with van der Waals surface area (Å²) in [7, 11) is 0. The highest BCUT2D eigenvalue weighted by molar-refractivity contribution is 9.10. The number of hydrogen-bond acceptors (Lipinski definition) is 3. The Morgan fingerprint density at radius 2 is 2.50 bits per heavy atom. The van der Waals surface area contributed by atoms with Crippen molar-refractivity contribution in [2.45, 2.75) is 6.42 Å². The molecule has 0 saturated heterocycles. The Morgan fingerprint density at radius 3 is 3.14 bits per heavy atom. The molecule has 1 heterocycles. The van der Waals surface area contributed by atoms with Gasteiger partial charge in [0.15, 0.2) is 0 Å². The molecule has 1 aromatic heterocycles. The summed E-state index contributed by atoms with van der Waals surface area (Å²) in [5.41, 5.74) is 0. The van der Waals surface area contributed by atoms with E-state index in [4.69, 9.17) is 0 Å². The number of nitrogens with one attached hydrogen (secondary N) is 1. The van der Waals surface area contributed by atoms with Gasteiger partial charge in [0.1, 0.15) is 5.82 Å². The maximum Gasteiger partial charge on any atom is 0.226 e. The number of pyridine rings is 1. The quantitative estimate of drug-likeness (QED) is 0.918. The van der Waals surface area contributed by atoms with Crippen LogP contribution in [0.5, 0.6) is 0 Å². The van der Waals surface area contributed by atoms with Crippen LogP contribution in [0.4, 0.5) is 5.82 Å². The van der Waals surface area contributed by atoms with E-state index >= 15 is 0 Å². The maximum atomic E-state index is 11.3. The molecule has 76 valence electrons. The van der Waals surface area contributed by atoms with E-state index in [-0.39, 0.29) is 5.91 Å². The number of nitrogens with zero attached hydrogens (tertiary/aromatic N) is 1. The average molecular weight is 275 g/mol. The summed E-state index contributed by atoms with van der Waals surface area (Å²) < 4.78 is 0.803. The zero-order valence-corrected chi connectivity index (χ0v) is 10.2. The average Bonchev–Trinajstić information content (AvgIpc) is 2.18. The zero-order valence-electron chi connectivity index (χ0n) is 7.79. The Hall–Kier alpha value is -0.550. The summed E-state index contributed by atoms with van der Waals surface area (Å²) in [6.07, 6.45) is 4.14. The molecule has 0 radical (unpaired) electrons. The van der Waals surface area contributed by atoms with Gasteiger partial charge >= 0.3 is 0 Å². The van der Waals surface area contributed by atoms with Crippen molar-refractivity contribution in [3.63, 3.8) is 0 Å². The van der Waals surface area contributed by atoms with E-state index in [1.54, 1.807) is 18.0 Å². The van der Waals surface area contributed by atoms with Crippen molar-refractivity contribution in [3.05, 3.63) is 22.8 Å². The first-order valence-corrected chi connectivity index (χ1v) is 6.32. The van der Waals surface area contributed by atoms with Gasteiger partial charge in [-0.25, -0.2) is 4.98 Å². The van der Waals surface area contributed by atoms with Gasteiger partial charge in [-0.1, -0.05) is 0 Å². The van der Waals surface area contributed by atoms with E-state index in [9.17, 15) is 4.79 Å². The standard InChI is InChI=1S/C9H11BrN2OS/c1-14-6-4-8(13)12-9-7(10)3-2-5-11-9/h2-3,5H,4,6H2,1H3,(H,11,12,13). The largest absolute Gasteiger partial charge is 0.310 e. The second-order valence-corrected chi connectivity index (χ2v) is 4.46. The highest BCUT2D eigenvalue weighted by atomic mass is 79.9. The Balaban J connectivity index is 2.52. The van der Waals surface area contributed by atoms with Crippen molar-refractivity contribution in [1.82, 2.24) is 4.98 Å². The minimum absolute atomic E-state index is 0.00116. The minimum Gasteiger partial charge on any atom is -0.310 e. The van der Waals surface area contributed by atoms with Crippen molar-refractivity contribution in [2.75, 3.05) is 17.3 Å². The maximum absolute atomic E-state index is 11.3. The molecule has 0 saturated carbocycles. The molecule has 3 nitrogen and oxygen atoms in total. The number of anilines is 1. The van der Waals surface area contributed by atoms with Gasteiger partial charge in [-0.15, -0.1) is 0 Å². The van der Waals surface area contributed by atoms with Crippen LogP contribution in [-0.2, 0) is 4.79 Å². The lowest BCUT2D eigenvalue weighted by atomic mass is 10.4. The molecule has 0 fully saturated rings. The molecule has 1 rings (SSSR count). The van der Waals surface area contributed by atoms with E-state index in [0.717, 1.165) is 10.2 Å². The first-order valence-electron chi connectivity index (χ1n) is 4.13. The molecule has 1 N–H and O–H groups in total. The van der Waals surface area contributed by atoms with Gasteiger partial charge in [0.05, 0.1) is 4.47 Å².